The van der Waals surface area contributed by atoms with Crippen LogP contribution in [-0.4, -0.2) is 24.0 Å². The number of ether oxygens (including phenoxy) is 1. The third-order valence-electron chi connectivity index (χ3n) is 2.57. The summed E-state index contributed by atoms with van der Waals surface area (Å²) in [5.74, 6) is -0.628. The third kappa shape index (κ3) is 2.21. The van der Waals surface area contributed by atoms with Crippen molar-refractivity contribution in [3.8, 4) is 0 Å². The molecule has 0 amide bonds. The summed E-state index contributed by atoms with van der Waals surface area (Å²) >= 11 is 0. The smallest absolute Gasteiger partial charge is 0.356 e. The Labute approximate surface area is 94.5 Å². The molecule has 0 atom stereocenters. The van der Waals surface area contributed by atoms with Crippen LogP contribution in [0, 0.1) is 0 Å². The zero-order chi connectivity index (χ0) is 12.2. The summed E-state index contributed by atoms with van der Waals surface area (Å²) in [4.78, 5) is 11.5. The molecule has 0 aromatic heterocycles. The Morgan fingerprint density at radius 3 is 2.31 bits per heavy atom. The van der Waals surface area contributed by atoms with Gasteiger partial charge in [0.15, 0.2) is 5.71 Å². The Kier molecular flexibility index (Phi) is 3.66. The van der Waals surface area contributed by atoms with Crippen LogP contribution < -0.4 is 0 Å². The zero-order valence-corrected chi connectivity index (χ0v) is 9.60. The molecule has 16 heavy (non-hydrogen) atoms. The summed E-state index contributed by atoms with van der Waals surface area (Å²) in [6.07, 6.45) is 0. The van der Waals surface area contributed by atoms with Crippen molar-refractivity contribution in [2.24, 2.45) is 5.16 Å². The highest BCUT2D eigenvalue weighted by molar-refractivity contribution is 6.39. The van der Waals surface area contributed by atoms with Crippen molar-refractivity contribution in [2.75, 3.05) is 7.11 Å². The van der Waals surface area contributed by atoms with E-state index in [-0.39, 0.29) is 5.71 Å². The number of rotatable bonds is 3. The molecule has 0 unspecified atom stereocenters. The van der Waals surface area contributed by atoms with Gasteiger partial charge in [-0.1, -0.05) is 35.5 Å². The van der Waals surface area contributed by atoms with Crippen molar-refractivity contribution in [1.82, 2.24) is 0 Å². The molecule has 0 saturated carbocycles. The molecular formula is C12H15NO3. The molecular weight excluding hydrogens is 206 g/mol. The van der Waals surface area contributed by atoms with Gasteiger partial charge in [0.1, 0.15) is 0 Å². The largest absolute Gasteiger partial charge is 0.464 e. The quantitative estimate of drug-likeness (QED) is 0.367. The Morgan fingerprint density at radius 1 is 1.31 bits per heavy atom. The first kappa shape index (κ1) is 12.2. The summed E-state index contributed by atoms with van der Waals surface area (Å²) < 4.78 is 4.58. The Bertz CT molecular complexity index is 396. The zero-order valence-electron chi connectivity index (χ0n) is 9.60. The summed E-state index contributed by atoms with van der Waals surface area (Å²) in [6.45, 7) is 3.60. The minimum atomic E-state index is -0.691. The summed E-state index contributed by atoms with van der Waals surface area (Å²) in [7, 11) is 1.26. The SMILES string of the molecule is COC(=O)C(=NO)C(C)(C)c1ccccc1. The fourth-order valence-electron chi connectivity index (χ4n) is 1.51. The number of carbonyl (C=O) groups is 1. The van der Waals surface area contributed by atoms with E-state index >= 15 is 0 Å². The van der Waals surface area contributed by atoms with Gasteiger partial charge in [-0.25, -0.2) is 4.79 Å². The fourth-order valence-corrected chi connectivity index (χ4v) is 1.51. The van der Waals surface area contributed by atoms with Crippen molar-refractivity contribution in [3.05, 3.63) is 35.9 Å². The number of benzene rings is 1. The molecule has 0 aliphatic rings. The lowest BCUT2D eigenvalue weighted by Gasteiger charge is -2.24. The van der Waals surface area contributed by atoms with Gasteiger partial charge in [0, 0.05) is 5.41 Å². The number of methoxy groups -OCH3 is 1. The number of nitrogens with zero attached hydrogens (tertiary/aromatic N) is 1. The van der Waals surface area contributed by atoms with Gasteiger partial charge < -0.3 is 9.94 Å². The van der Waals surface area contributed by atoms with Gasteiger partial charge >= 0.3 is 5.97 Å². The molecule has 0 radical (unpaired) electrons. The minimum absolute atomic E-state index is 0.0128. The van der Waals surface area contributed by atoms with E-state index in [0.29, 0.717) is 0 Å². The second-order valence-corrected chi connectivity index (χ2v) is 3.93. The second kappa shape index (κ2) is 4.79. The van der Waals surface area contributed by atoms with Gasteiger partial charge in [-0.3, -0.25) is 0 Å². The van der Waals surface area contributed by atoms with Crippen LogP contribution in [0.3, 0.4) is 0 Å². The highest BCUT2D eigenvalue weighted by Crippen LogP contribution is 2.25. The van der Waals surface area contributed by atoms with E-state index in [4.69, 9.17) is 5.21 Å². The molecule has 0 bridgehead atoms. The van der Waals surface area contributed by atoms with E-state index in [9.17, 15) is 4.79 Å². The molecule has 0 fully saturated rings. The maximum absolute atomic E-state index is 11.5. The van der Waals surface area contributed by atoms with E-state index < -0.39 is 11.4 Å². The van der Waals surface area contributed by atoms with Crippen molar-refractivity contribution in [2.45, 2.75) is 19.3 Å². The lowest BCUT2D eigenvalue weighted by Crippen LogP contribution is -2.36. The van der Waals surface area contributed by atoms with Gasteiger partial charge in [-0.2, -0.15) is 0 Å². The fraction of sp³-hybridized carbons (Fsp3) is 0.333. The minimum Gasteiger partial charge on any atom is -0.464 e. The molecule has 0 aliphatic heterocycles. The molecule has 0 saturated heterocycles. The molecule has 4 heteroatoms. The van der Waals surface area contributed by atoms with Crippen LogP contribution in [0.2, 0.25) is 0 Å². The summed E-state index contributed by atoms with van der Waals surface area (Å²) in [5.41, 5.74) is 0.178. The van der Waals surface area contributed by atoms with Crippen LogP contribution in [0.5, 0.6) is 0 Å². The number of carbonyl (C=O) groups excluding carboxylic acids is 1. The van der Waals surface area contributed by atoms with E-state index in [1.165, 1.54) is 7.11 Å². The number of hydrogen-bond donors (Lipinski definition) is 1. The lowest BCUT2D eigenvalue weighted by atomic mass is 9.80. The van der Waals surface area contributed by atoms with Crippen molar-refractivity contribution < 1.29 is 14.7 Å². The molecule has 0 heterocycles. The van der Waals surface area contributed by atoms with Crippen LogP contribution >= 0.6 is 0 Å². The summed E-state index contributed by atoms with van der Waals surface area (Å²) in [6, 6.07) is 9.35. The number of oxime groups is 1. The Hall–Kier alpha value is -1.84. The highest BCUT2D eigenvalue weighted by Gasteiger charge is 2.33. The number of hydrogen-bond acceptors (Lipinski definition) is 4. The standard InChI is InChI=1S/C12H15NO3/c1-12(2,9-7-5-4-6-8-9)10(13-15)11(14)16-3/h4-8,15H,1-3H3. The lowest BCUT2D eigenvalue weighted by molar-refractivity contribution is -0.133. The van der Waals surface area contributed by atoms with Gasteiger partial charge in [-0.05, 0) is 19.4 Å². The van der Waals surface area contributed by atoms with Crippen LogP contribution in [0.25, 0.3) is 0 Å². The average molecular weight is 221 g/mol. The highest BCUT2D eigenvalue weighted by atomic mass is 16.5. The second-order valence-electron chi connectivity index (χ2n) is 3.93. The van der Waals surface area contributed by atoms with E-state index in [1.807, 2.05) is 30.3 Å². The molecule has 1 aromatic carbocycles. The average Bonchev–Trinajstić information content (AvgIpc) is 2.30. The van der Waals surface area contributed by atoms with Crippen LogP contribution in [0.15, 0.2) is 35.5 Å². The first-order valence-electron chi connectivity index (χ1n) is 4.90. The van der Waals surface area contributed by atoms with Crippen LogP contribution in [0.1, 0.15) is 19.4 Å². The van der Waals surface area contributed by atoms with Gasteiger partial charge in [0.2, 0.25) is 0 Å². The molecule has 0 aliphatic carbocycles. The molecule has 1 rings (SSSR count). The van der Waals surface area contributed by atoms with E-state index in [1.54, 1.807) is 13.8 Å². The molecule has 4 nitrogen and oxygen atoms in total. The third-order valence-corrected chi connectivity index (χ3v) is 2.57. The van der Waals surface area contributed by atoms with Crippen molar-refractivity contribution >= 4 is 11.7 Å². The summed E-state index contributed by atoms with van der Waals surface area (Å²) in [5, 5.41) is 12.0. The van der Waals surface area contributed by atoms with E-state index in [2.05, 4.69) is 9.89 Å². The monoisotopic (exact) mass is 221 g/mol. The first-order chi connectivity index (χ1) is 7.54. The topological polar surface area (TPSA) is 58.9 Å². The van der Waals surface area contributed by atoms with Crippen LogP contribution in [-0.2, 0) is 14.9 Å². The molecule has 86 valence electrons. The predicted octanol–water partition coefficient (Wildman–Crippen LogP) is 1.97. The maximum atomic E-state index is 11.5. The Morgan fingerprint density at radius 2 is 1.88 bits per heavy atom. The first-order valence-corrected chi connectivity index (χ1v) is 4.90. The van der Waals surface area contributed by atoms with Gasteiger partial charge in [-0.15, -0.1) is 0 Å². The van der Waals surface area contributed by atoms with Crippen LogP contribution in [0.4, 0.5) is 0 Å². The van der Waals surface area contributed by atoms with E-state index in [0.717, 1.165) is 5.56 Å². The number of esters is 1. The molecule has 0 spiro atoms. The maximum Gasteiger partial charge on any atom is 0.356 e. The van der Waals surface area contributed by atoms with Crippen molar-refractivity contribution in [1.29, 1.82) is 0 Å². The predicted molar refractivity (Wildman–Crippen MR) is 60.7 cm³/mol. The van der Waals surface area contributed by atoms with Gasteiger partial charge in [0.25, 0.3) is 0 Å². The molecule has 1 aromatic rings. The Balaban J connectivity index is 3.15. The molecule has 1 N–H and O–H groups in total. The van der Waals surface area contributed by atoms with Crippen molar-refractivity contribution in [3.63, 3.8) is 0 Å². The van der Waals surface area contributed by atoms with Gasteiger partial charge in [0.05, 0.1) is 7.11 Å². The normalized spacial score (nSPS) is 12.3.